The van der Waals surface area contributed by atoms with Gasteiger partial charge in [-0.25, -0.2) is 22.6 Å². The molecule has 2 heterocycles. The highest BCUT2D eigenvalue weighted by Crippen LogP contribution is 2.32. The number of carbonyl (C=O) groups excluding carboxylic acids is 1. The molecule has 30 heavy (non-hydrogen) atoms. The summed E-state index contributed by atoms with van der Waals surface area (Å²) in [5.41, 5.74) is 1.28. The Morgan fingerprint density at radius 3 is 2.67 bits per heavy atom. The highest BCUT2D eigenvalue weighted by molar-refractivity contribution is 7.91. The summed E-state index contributed by atoms with van der Waals surface area (Å²) in [5, 5.41) is 5.14. The first-order chi connectivity index (χ1) is 14.4. The lowest BCUT2D eigenvalue weighted by Gasteiger charge is -2.20. The molecule has 1 aromatic heterocycles. The number of fused-ring (bicyclic) bond motifs is 1. The molecule has 10 heteroatoms. The van der Waals surface area contributed by atoms with Crippen LogP contribution >= 0.6 is 0 Å². The number of halogens is 1. The quantitative estimate of drug-likeness (QED) is 0.556. The molecule has 0 spiro atoms. The minimum absolute atomic E-state index is 0.0847. The van der Waals surface area contributed by atoms with Gasteiger partial charge in [-0.1, -0.05) is 30.3 Å². The van der Waals surface area contributed by atoms with Crippen LogP contribution in [0.15, 0.2) is 60.8 Å². The van der Waals surface area contributed by atoms with Gasteiger partial charge in [0.05, 0.1) is 23.5 Å². The van der Waals surface area contributed by atoms with Gasteiger partial charge in [-0.05, 0) is 23.8 Å². The molecule has 1 aliphatic heterocycles. The third kappa shape index (κ3) is 4.49. The number of sulfonamides is 1. The zero-order valence-electron chi connectivity index (χ0n) is 15.6. The van der Waals surface area contributed by atoms with E-state index in [1.807, 2.05) is 0 Å². The number of carbonyl (C=O) groups is 1. The standard InChI is InChI=1S/C20H17FN4O4S/c21-16-10-14(25-30(27,28)12-13-4-2-1-3-5-13)6-7-18(16)29-17-8-9-22-19-15(17)11-23-20(26)24-19/h1-10,25H,11-12H2,(H2,22,23,24,26). The van der Waals surface area contributed by atoms with Crippen LogP contribution in [0.2, 0.25) is 0 Å². The lowest BCUT2D eigenvalue weighted by atomic mass is 10.2. The predicted molar refractivity (Wildman–Crippen MR) is 109 cm³/mol. The average Bonchev–Trinajstić information content (AvgIpc) is 2.70. The topological polar surface area (TPSA) is 109 Å². The molecule has 154 valence electrons. The molecule has 3 aromatic rings. The summed E-state index contributed by atoms with van der Waals surface area (Å²) in [4.78, 5) is 15.5. The summed E-state index contributed by atoms with van der Waals surface area (Å²) < 4.78 is 47.2. The van der Waals surface area contributed by atoms with Crippen molar-refractivity contribution in [3.63, 3.8) is 0 Å². The fourth-order valence-electron chi connectivity index (χ4n) is 2.94. The molecule has 0 saturated carbocycles. The number of rotatable bonds is 6. The molecule has 0 bridgehead atoms. The van der Waals surface area contributed by atoms with Crippen LogP contribution in [0.3, 0.4) is 0 Å². The van der Waals surface area contributed by atoms with E-state index in [1.54, 1.807) is 36.4 Å². The molecular weight excluding hydrogens is 411 g/mol. The summed E-state index contributed by atoms with van der Waals surface area (Å²) >= 11 is 0. The Labute approximate surface area is 172 Å². The van der Waals surface area contributed by atoms with Gasteiger partial charge in [0.2, 0.25) is 10.0 Å². The minimum Gasteiger partial charge on any atom is -0.454 e. The second-order valence-corrected chi connectivity index (χ2v) is 8.26. The molecule has 0 saturated heterocycles. The van der Waals surface area contributed by atoms with Crippen molar-refractivity contribution in [1.82, 2.24) is 10.3 Å². The van der Waals surface area contributed by atoms with Gasteiger partial charge in [0.1, 0.15) is 11.6 Å². The number of pyridine rings is 1. The number of benzene rings is 2. The zero-order valence-corrected chi connectivity index (χ0v) is 16.4. The summed E-state index contributed by atoms with van der Waals surface area (Å²) in [6, 6.07) is 13.6. The van der Waals surface area contributed by atoms with E-state index in [-0.39, 0.29) is 29.8 Å². The monoisotopic (exact) mass is 428 g/mol. The average molecular weight is 428 g/mol. The smallest absolute Gasteiger partial charge is 0.320 e. The first-order valence-electron chi connectivity index (χ1n) is 8.94. The Hall–Kier alpha value is -3.66. The molecule has 0 radical (unpaired) electrons. The summed E-state index contributed by atoms with van der Waals surface area (Å²) in [6.07, 6.45) is 1.43. The third-order valence-electron chi connectivity index (χ3n) is 4.30. The van der Waals surface area contributed by atoms with Crippen LogP contribution in [0.4, 0.5) is 20.7 Å². The van der Waals surface area contributed by atoms with Gasteiger partial charge in [-0.15, -0.1) is 0 Å². The van der Waals surface area contributed by atoms with Crippen molar-refractivity contribution in [2.75, 3.05) is 10.0 Å². The van der Waals surface area contributed by atoms with E-state index in [9.17, 15) is 17.6 Å². The number of aromatic nitrogens is 1. The maximum absolute atomic E-state index is 14.6. The SMILES string of the molecule is O=C1NCc2c(Oc3ccc(NS(=O)(=O)Cc4ccccc4)cc3F)ccnc2N1. The molecule has 0 atom stereocenters. The van der Waals surface area contributed by atoms with E-state index in [2.05, 4.69) is 20.3 Å². The van der Waals surface area contributed by atoms with E-state index < -0.39 is 15.8 Å². The van der Waals surface area contributed by atoms with Crippen molar-refractivity contribution in [3.05, 3.63) is 77.7 Å². The van der Waals surface area contributed by atoms with E-state index in [0.717, 1.165) is 6.07 Å². The van der Waals surface area contributed by atoms with Gasteiger partial charge in [0, 0.05) is 12.3 Å². The van der Waals surface area contributed by atoms with Crippen molar-refractivity contribution in [1.29, 1.82) is 0 Å². The van der Waals surface area contributed by atoms with Gasteiger partial charge in [0.15, 0.2) is 11.6 Å². The number of hydrogen-bond donors (Lipinski definition) is 3. The number of nitrogens with one attached hydrogen (secondary N) is 3. The molecule has 1 aliphatic rings. The van der Waals surface area contributed by atoms with Crippen LogP contribution in [0.25, 0.3) is 0 Å². The Bertz CT molecular complexity index is 1200. The molecule has 4 rings (SSSR count). The number of nitrogens with zero attached hydrogens (tertiary/aromatic N) is 1. The van der Waals surface area contributed by atoms with E-state index in [0.29, 0.717) is 22.7 Å². The van der Waals surface area contributed by atoms with E-state index in [4.69, 9.17) is 4.74 Å². The van der Waals surface area contributed by atoms with Crippen molar-refractivity contribution in [2.24, 2.45) is 0 Å². The molecule has 2 aromatic carbocycles. The van der Waals surface area contributed by atoms with Gasteiger partial charge in [-0.3, -0.25) is 10.0 Å². The molecular formula is C20H17FN4O4S. The van der Waals surface area contributed by atoms with Gasteiger partial charge >= 0.3 is 6.03 Å². The summed E-state index contributed by atoms with van der Waals surface area (Å²) in [5.74, 6) is -0.402. The lowest BCUT2D eigenvalue weighted by Crippen LogP contribution is -2.34. The van der Waals surface area contributed by atoms with Crippen molar-refractivity contribution in [2.45, 2.75) is 12.3 Å². The first-order valence-corrected chi connectivity index (χ1v) is 10.6. The maximum Gasteiger partial charge on any atom is 0.320 e. The Morgan fingerprint density at radius 1 is 1.10 bits per heavy atom. The second kappa shape index (κ2) is 7.99. The van der Waals surface area contributed by atoms with Crippen LogP contribution in [0.1, 0.15) is 11.1 Å². The largest absolute Gasteiger partial charge is 0.454 e. The predicted octanol–water partition coefficient (Wildman–Crippen LogP) is 3.59. The summed E-state index contributed by atoms with van der Waals surface area (Å²) in [6.45, 7) is 0.184. The van der Waals surface area contributed by atoms with Crippen LogP contribution in [-0.2, 0) is 22.3 Å². The fraction of sp³-hybridized carbons (Fsp3) is 0.100. The molecule has 2 amide bonds. The third-order valence-corrected chi connectivity index (χ3v) is 5.56. The van der Waals surface area contributed by atoms with E-state index in [1.165, 1.54) is 18.3 Å². The van der Waals surface area contributed by atoms with Crippen LogP contribution < -0.4 is 20.1 Å². The van der Waals surface area contributed by atoms with Gasteiger partial charge in [-0.2, -0.15) is 0 Å². The summed E-state index contributed by atoms with van der Waals surface area (Å²) in [7, 11) is -3.71. The van der Waals surface area contributed by atoms with Crippen molar-refractivity contribution in [3.8, 4) is 11.5 Å². The number of urea groups is 1. The first kappa shape index (κ1) is 19.6. The Kier molecular flexibility index (Phi) is 5.23. The zero-order chi connectivity index (χ0) is 21.1. The Morgan fingerprint density at radius 2 is 1.90 bits per heavy atom. The minimum atomic E-state index is -3.71. The van der Waals surface area contributed by atoms with Crippen molar-refractivity contribution < 1.29 is 22.3 Å². The van der Waals surface area contributed by atoms with E-state index >= 15 is 0 Å². The number of ether oxygens (including phenoxy) is 1. The molecule has 0 fully saturated rings. The fourth-order valence-corrected chi connectivity index (χ4v) is 4.13. The van der Waals surface area contributed by atoms with Crippen LogP contribution in [-0.4, -0.2) is 19.4 Å². The van der Waals surface area contributed by atoms with Crippen LogP contribution in [0.5, 0.6) is 11.5 Å². The molecule has 0 unspecified atom stereocenters. The molecule has 0 aliphatic carbocycles. The van der Waals surface area contributed by atoms with Crippen LogP contribution in [0, 0.1) is 5.82 Å². The molecule has 3 N–H and O–H groups in total. The highest BCUT2D eigenvalue weighted by Gasteiger charge is 2.20. The number of amides is 2. The van der Waals surface area contributed by atoms with Gasteiger partial charge in [0.25, 0.3) is 0 Å². The normalized spacial score (nSPS) is 13.0. The second-order valence-electron chi connectivity index (χ2n) is 6.54. The lowest BCUT2D eigenvalue weighted by molar-refractivity contribution is 0.250. The van der Waals surface area contributed by atoms with Gasteiger partial charge < -0.3 is 10.1 Å². The van der Waals surface area contributed by atoms with Crippen molar-refractivity contribution >= 4 is 27.6 Å². The Balaban J connectivity index is 1.50. The number of anilines is 2. The number of hydrogen-bond acceptors (Lipinski definition) is 5. The highest BCUT2D eigenvalue weighted by atomic mass is 32.2. The molecule has 8 nitrogen and oxygen atoms in total. The maximum atomic E-state index is 14.6.